The number of nitrogens with zero attached hydrogens (tertiary/aromatic N) is 4. The number of fused-ring (bicyclic) bond motifs is 1. The zero-order chi connectivity index (χ0) is 26.7. The molecule has 190 valence electrons. The fourth-order valence-corrected chi connectivity index (χ4v) is 4.74. The second kappa shape index (κ2) is 10.4. The van der Waals surface area contributed by atoms with E-state index in [1.54, 1.807) is 6.07 Å². The van der Waals surface area contributed by atoms with Crippen molar-refractivity contribution in [2.45, 2.75) is 39.7 Å². The number of aromatic nitrogens is 3. The average molecular weight is 507 g/mol. The summed E-state index contributed by atoms with van der Waals surface area (Å²) in [5, 5.41) is 14.0. The Morgan fingerprint density at radius 3 is 2.55 bits per heavy atom. The number of halogens is 1. The first kappa shape index (κ1) is 25.1. The first-order valence-electron chi connectivity index (χ1n) is 12.4. The van der Waals surface area contributed by atoms with Crippen molar-refractivity contribution in [2.75, 3.05) is 0 Å². The smallest absolute Gasteiger partial charge is 0.241 e. The summed E-state index contributed by atoms with van der Waals surface area (Å²) in [5.74, 6) is 1.10. The lowest BCUT2D eigenvalue weighted by atomic mass is 9.71. The summed E-state index contributed by atoms with van der Waals surface area (Å²) in [6.07, 6.45) is 0.0519. The zero-order valence-corrected chi connectivity index (χ0v) is 21.5. The van der Waals surface area contributed by atoms with Crippen LogP contribution in [0.4, 0.5) is 4.39 Å². The van der Waals surface area contributed by atoms with Crippen molar-refractivity contribution >= 4 is 10.9 Å². The summed E-state index contributed by atoms with van der Waals surface area (Å²) in [5.41, 5.74) is 4.27. The molecule has 0 aliphatic rings. The van der Waals surface area contributed by atoms with Gasteiger partial charge >= 0.3 is 0 Å². The van der Waals surface area contributed by atoms with Crippen molar-refractivity contribution in [2.24, 2.45) is 5.41 Å². The minimum atomic E-state index is -0.288. The highest BCUT2D eigenvalue weighted by atomic mass is 19.1. The maximum absolute atomic E-state index is 13.5. The van der Waals surface area contributed by atoms with Gasteiger partial charge in [-0.3, -0.25) is 0 Å². The first-order chi connectivity index (χ1) is 18.3. The summed E-state index contributed by atoms with van der Waals surface area (Å²) in [6, 6.07) is 26.4. The molecule has 0 radical (unpaired) electrons. The van der Waals surface area contributed by atoms with Gasteiger partial charge in [0.25, 0.3) is 0 Å². The Bertz CT molecular complexity index is 1620. The lowest BCUT2D eigenvalue weighted by molar-refractivity contribution is 0.300. The summed E-state index contributed by atoms with van der Waals surface area (Å²) in [7, 11) is 0. The van der Waals surface area contributed by atoms with Gasteiger partial charge in [-0.2, -0.15) is 10.2 Å². The number of hydrogen-bond donors (Lipinski definition) is 0. The Kier molecular flexibility index (Phi) is 6.89. The van der Waals surface area contributed by atoms with Crippen LogP contribution in [0.25, 0.3) is 22.3 Å². The molecule has 2 heterocycles. The van der Waals surface area contributed by atoms with Gasteiger partial charge in [0, 0.05) is 16.9 Å². The number of benzene rings is 3. The van der Waals surface area contributed by atoms with Crippen molar-refractivity contribution in [1.82, 2.24) is 15.1 Å². The van der Waals surface area contributed by atoms with Crippen LogP contribution in [-0.4, -0.2) is 15.1 Å². The second-order valence-corrected chi connectivity index (χ2v) is 10.2. The molecule has 5 rings (SSSR count). The van der Waals surface area contributed by atoms with Crippen LogP contribution in [0.1, 0.15) is 49.4 Å². The third-order valence-corrected chi connectivity index (χ3v) is 6.37. The van der Waals surface area contributed by atoms with Gasteiger partial charge in [0.15, 0.2) is 0 Å². The van der Waals surface area contributed by atoms with Gasteiger partial charge in [-0.1, -0.05) is 62.3 Å². The predicted molar refractivity (Wildman–Crippen MR) is 143 cm³/mol. The summed E-state index contributed by atoms with van der Waals surface area (Å²) < 4.78 is 25.0. The molecule has 7 heteroatoms. The molecular weight excluding hydrogens is 479 g/mol. The van der Waals surface area contributed by atoms with Crippen molar-refractivity contribution in [3.05, 3.63) is 107 Å². The maximum Gasteiger partial charge on any atom is 0.241 e. The Labute approximate surface area is 220 Å². The molecular formula is C31H27FN4O2. The minimum Gasteiger partial charge on any atom is -0.487 e. The Morgan fingerprint density at radius 2 is 1.79 bits per heavy atom. The van der Waals surface area contributed by atoms with Gasteiger partial charge in [0.05, 0.1) is 17.3 Å². The topological polar surface area (TPSA) is 84.8 Å². The van der Waals surface area contributed by atoms with E-state index in [0.717, 1.165) is 27.8 Å². The first-order valence-corrected chi connectivity index (χ1v) is 12.4. The number of rotatable bonds is 7. The van der Waals surface area contributed by atoms with Gasteiger partial charge in [0.2, 0.25) is 11.7 Å². The van der Waals surface area contributed by atoms with Crippen LogP contribution in [0, 0.1) is 22.6 Å². The van der Waals surface area contributed by atoms with Gasteiger partial charge < -0.3 is 9.26 Å². The van der Waals surface area contributed by atoms with Crippen LogP contribution in [0.5, 0.6) is 5.75 Å². The van der Waals surface area contributed by atoms with Gasteiger partial charge in [-0.25, -0.2) is 9.37 Å². The van der Waals surface area contributed by atoms with Crippen LogP contribution in [0.2, 0.25) is 0 Å². The predicted octanol–water partition coefficient (Wildman–Crippen LogP) is 7.25. The van der Waals surface area contributed by atoms with Crippen molar-refractivity contribution in [3.63, 3.8) is 0 Å². The molecule has 3 aromatic carbocycles. The molecule has 0 saturated heterocycles. The lowest BCUT2D eigenvalue weighted by Gasteiger charge is -2.33. The Hall–Kier alpha value is -4.57. The normalized spacial score (nSPS) is 12.3. The van der Waals surface area contributed by atoms with Crippen LogP contribution in [-0.2, 0) is 13.0 Å². The summed E-state index contributed by atoms with van der Waals surface area (Å²) >= 11 is 0. The Balaban J connectivity index is 1.53. The van der Waals surface area contributed by atoms with Gasteiger partial charge in [0.1, 0.15) is 24.6 Å². The molecule has 0 N–H and O–H groups in total. The van der Waals surface area contributed by atoms with Crippen molar-refractivity contribution in [1.29, 1.82) is 5.26 Å². The van der Waals surface area contributed by atoms with Crippen LogP contribution in [0.3, 0.4) is 0 Å². The molecule has 1 unspecified atom stereocenters. The zero-order valence-electron chi connectivity index (χ0n) is 21.5. The quantitative estimate of drug-likeness (QED) is 0.231. The fourth-order valence-electron chi connectivity index (χ4n) is 4.74. The summed E-state index contributed by atoms with van der Waals surface area (Å²) in [6.45, 7) is 6.84. The molecule has 0 spiro atoms. The molecule has 0 bridgehead atoms. The SMILES string of the molecule is CC(C)(C)C(c1ccccc1)c1cc(OCc2ccc3cc(F)ccc3n2)ccc1-c1noc(CC#N)n1. The van der Waals surface area contributed by atoms with Crippen LogP contribution < -0.4 is 4.74 Å². The van der Waals surface area contributed by atoms with Crippen molar-refractivity contribution in [3.8, 4) is 23.2 Å². The molecule has 5 aromatic rings. The molecule has 6 nitrogen and oxygen atoms in total. The molecule has 0 saturated carbocycles. The van der Waals surface area contributed by atoms with E-state index in [9.17, 15) is 4.39 Å². The third-order valence-electron chi connectivity index (χ3n) is 6.37. The highest BCUT2D eigenvalue weighted by Gasteiger charge is 2.31. The highest BCUT2D eigenvalue weighted by molar-refractivity contribution is 5.78. The van der Waals surface area contributed by atoms with E-state index in [4.69, 9.17) is 14.5 Å². The minimum absolute atomic E-state index is 0.00569. The van der Waals surface area contributed by atoms with Crippen molar-refractivity contribution < 1.29 is 13.7 Å². The largest absolute Gasteiger partial charge is 0.487 e. The van der Waals surface area contributed by atoms with E-state index >= 15 is 0 Å². The van der Waals surface area contributed by atoms with E-state index in [0.29, 0.717) is 17.1 Å². The molecule has 0 fully saturated rings. The van der Waals surface area contributed by atoms with Crippen LogP contribution in [0.15, 0.2) is 83.4 Å². The fraction of sp³-hybridized carbons (Fsp3) is 0.226. The molecule has 1 atom stereocenters. The van der Waals surface area contributed by atoms with E-state index in [1.165, 1.54) is 12.1 Å². The number of hydrogen-bond acceptors (Lipinski definition) is 6. The highest BCUT2D eigenvalue weighted by Crippen LogP contribution is 2.45. The monoisotopic (exact) mass is 506 g/mol. The number of pyridine rings is 1. The second-order valence-electron chi connectivity index (χ2n) is 10.2. The van der Waals surface area contributed by atoms with Crippen LogP contribution >= 0.6 is 0 Å². The number of nitriles is 1. The molecule has 0 aliphatic carbocycles. The van der Waals surface area contributed by atoms with Gasteiger partial charge in [-0.15, -0.1) is 0 Å². The third kappa shape index (κ3) is 5.40. The van der Waals surface area contributed by atoms with E-state index in [-0.39, 0.29) is 36.1 Å². The molecule has 0 aliphatic heterocycles. The Morgan fingerprint density at radius 1 is 0.974 bits per heavy atom. The lowest BCUT2D eigenvalue weighted by Crippen LogP contribution is -2.20. The van der Waals surface area contributed by atoms with E-state index in [2.05, 4.69) is 54.1 Å². The molecule has 0 amide bonds. The van der Waals surface area contributed by atoms with E-state index in [1.807, 2.05) is 48.5 Å². The molecule has 2 aromatic heterocycles. The summed E-state index contributed by atoms with van der Waals surface area (Å²) in [4.78, 5) is 9.08. The average Bonchev–Trinajstić information content (AvgIpc) is 3.36. The number of ether oxygens (including phenoxy) is 1. The standard InChI is InChI=1S/C31H27FN4O2/c1-31(2,3)29(20-7-5-4-6-8-20)26-18-24(12-13-25(26)30-35-28(15-16-33)38-36-30)37-19-23-11-9-21-17-22(32)10-14-27(21)34-23/h4-14,17-18,29H,15,19H2,1-3H3. The van der Waals surface area contributed by atoms with Gasteiger partial charge in [-0.05, 0) is 59.0 Å². The van der Waals surface area contributed by atoms with E-state index < -0.39 is 0 Å². The molecule has 38 heavy (non-hydrogen) atoms. The maximum atomic E-state index is 13.5.